The third kappa shape index (κ3) is 4.02. The molecule has 1 saturated heterocycles. The summed E-state index contributed by atoms with van der Waals surface area (Å²) in [5.41, 5.74) is 0.862. The second-order valence-corrected chi connectivity index (χ2v) is 6.73. The van der Waals surface area contributed by atoms with E-state index in [0.29, 0.717) is 24.6 Å². The molecule has 1 aromatic rings. The number of ether oxygens (including phenoxy) is 1. The monoisotopic (exact) mass is 341 g/mol. The summed E-state index contributed by atoms with van der Waals surface area (Å²) in [5.74, 6) is 0.528. The summed E-state index contributed by atoms with van der Waals surface area (Å²) in [6.45, 7) is 0.915. The molecule has 2 aliphatic rings. The Morgan fingerprint density at radius 3 is 2.50 bits per heavy atom. The van der Waals surface area contributed by atoms with E-state index >= 15 is 0 Å². The highest BCUT2D eigenvalue weighted by molar-refractivity contribution is 5.69. The van der Waals surface area contributed by atoms with Gasteiger partial charge in [0.05, 0.1) is 12.1 Å². The van der Waals surface area contributed by atoms with E-state index in [1.807, 2.05) is 0 Å². The average molecular weight is 341 g/mol. The van der Waals surface area contributed by atoms with Gasteiger partial charge < -0.3 is 9.64 Å². The van der Waals surface area contributed by atoms with Crippen molar-refractivity contribution in [1.29, 1.82) is 0 Å². The molecule has 1 heterocycles. The third-order valence-electron chi connectivity index (χ3n) is 4.97. The van der Waals surface area contributed by atoms with E-state index < -0.39 is 17.8 Å². The topological polar surface area (TPSA) is 29.5 Å². The number of carbonyl (C=O) groups excluding carboxylic acids is 1. The first kappa shape index (κ1) is 17.1. The van der Waals surface area contributed by atoms with Gasteiger partial charge in [-0.25, -0.2) is 4.79 Å². The minimum Gasteiger partial charge on any atom is -0.448 e. The van der Waals surface area contributed by atoms with E-state index in [1.54, 1.807) is 6.07 Å². The van der Waals surface area contributed by atoms with E-state index in [0.717, 1.165) is 30.9 Å². The first-order valence-corrected chi connectivity index (χ1v) is 8.54. The second kappa shape index (κ2) is 7.03. The number of cyclic esters (lactones) is 1. The summed E-state index contributed by atoms with van der Waals surface area (Å²) in [6.07, 6.45) is 1.86. The van der Waals surface area contributed by atoms with Crippen molar-refractivity contribution in [2.45, 2.75) is 51.2 Å². The van der Waals surface area contributed by atoms with E-state index in [-0.39, 0.29) is 6.54 Å². The van der Waals surface area contributed by atoms with Crippen LogP contribution >= 0.6 is 0 Å². The van der Waals surface area contributed by atoms with Crippen LogP contribution in [-0.2, 0) is 23.9 Å². The van der Waals surface area contributed by atoms with Crippen molar-refractivity contribution in [3.63, 3.8) is 0 Å². The van der Waals surface area contributed by atoms with Crippen LogP contribution in [0.5, 0.6) is 0 Å². The number of alkyl halides is 3. The Balaban J connectivity index is 1.83. The van der Waals surface area contributed by atoms with Crippen molar-refractivity contribution in [2.24, 2.45) is 5.92 Å². The molecule has 0 radical (unpaired) electrons. The van der Waals surface area contributed by atoms with Gasteiger partial charge in [0.2, 0.25) is 0 Å². The average Bonchev–Trinajstić information content (AvgIpc) is 2.94. The maximum Gasteiger partial charge on any atom is 0.416 e. The van der Waals surface area contributed by atoms with Crippen molar-refractivity contribution in [3.8, 4) is 0 Å². The highest BCUT2D eigenvalue weighted by Crippen LogP contribution is 2.33. The molecule has 1 aliphatic heterocycles. The zero-order valence-corrected chi connectivity index (χ0v) is 13.6. The number of hydrogen-bond donors (Lipinski definition) is 0. The minimum atomic E-state index is -4.37. The number of nitrogens with zero attached hydrogens (tertiary/aromatic N) is 1. The van der Waals surface area contributed by atoms with Gasteiger partial charge >= 0.3 is 12.3 Å². The van der Waals surface area contributed by atoms with Crippen molar-refractivity contribution in [3.05, 3.63) is 34.9 Å². The highest BCUT2D eigenvalue weighted by atomic mass is 19.4. The van der Waals surface area contributed by atoms with Crippen LogP contribution in [0.2, 0.25) is 0 Å². The first-order chi connectivity index (χ1) is 11.4. The lowest BCUT2D eigenvalue weighted by atomic mass is 9.83. The fraction of sp³-hybridized carbons (Fsp3) is 0.611. The van der Waals surface area contributed by atoms with Crippen LogP contribution in [-0.4, -0.2) is 24.1 Å². The van der Waals surface area contributed by atoms with Gasteiger partial charge in [-0.1, -0.05) is 38.2 Å². The summed E-state index contributed by atoms with van der Waals surface area (Å²) in [7, 11) is 0. The summed E-state index contributed by atoms with van der Waals surface area (Å²) in [6, 6.07) is 3.95. The molecule has 1 aromatic carbocycles. The van der Waals surface area contributed by atoms with E-state index in [2.05, 4.69) is 0 Å². The van der Waals surface area contributed by atoms with Crippen LogP contribution in [0.15, 0.2) is 18.2 Å². The lowest BCUT2D eigenvalue weighted by Gasteiger charge is -2.24. The van der Waals surface area contributed by atoms with Crippen LogP contribution < -0.4 is 0 Å². The Morgan fingerprint density at radius 1 is 1.12 bits per heavy atom. The molecule has 0 unspecified atom stereocenters. The van der Waals surface area contributed by atoms with E-state index in [9.17, 15) is 18.0 Å². The van der Waals surface area contributed by atoms with Crippen LogP contribution in [0.4, 0.5) is 18.0 Å². The van der Waals surface area contributed by atoms with Crippen molar-refractivity contribution in [1.82, 2.24) is 4.90 Å². The predicted octanol–water partition coefficient (Wildman–Crippen LogP) is 4.78. The van der Waals surface area contributed by atoms with Gasteiger partial charge in [0.15, 0.2) is 0 Å². The lowest BCUT2D eigenvalue weighted by molar-refractivity contribution is -0.137. The van der Waals surface area contributed by atoms with Crippen LogP contribution in [0.1, 0.15) is 48.8 Å². The van der Waals surface area contributed by atoms with Crippen LogP contribution in [0, 0.1) is 5.92 Å². The third-order valence-corrected chi connectivity index (χ3v) is 4.97. The van der Waals surface area contributed by atoms with Gasteiger partial charge in [0.25, 0.3) is 0 Å². The van der Waals surface area contributed by atoms with E-state index in [1.165, 1.54) is 30.2 Å². The van der Waals surface area contributed by atoms with Crippen LogP contribution in [0.3, 0.4) is 0 Å². The molecule has 0 spiro atoms. The minimum absolute atomic E-state index is 0.185. The van der Waals surface area contributed by atoms with Crippen LogP contribution in [0.25, 0.3) is 0 Å². The Kier molecular flexibility index (Phi) is 5.01. The quantitative estimate of drug-likeness (QED) is 0.789. The molecular weight excluding hydrogens is 319 g/mol. The zero-order chi connectivity index (χ0) is 17.2. The fourth-order valence-electron chi connectivity index (χ4n) is 3.63. The van der Waals surface area contributed by atoms with Crippen molar-refractivity contribution < 1.29 is 22.7 Å². The number of hydrogen-bond acceptors (Lipinski definition) is 2. The molecule has 3 nitrogen and oxygen atoms in total. The maximum absolute atomic E-state index is 13.0. The van der Waals surface area contributed by atoms with E-state index in [4.69, 9.17) is 4.74 Å². The van der Waals surface area contributed by atoms with Gasteiger partial charge in [-0.3, -0.25) is 0 Å². The summed E-state index contributed by atoms with van der Waals surface area (Å²) in [5, 5.41) is 0. The molecule has 0 bridgehead atoms. The molecular formula is C18H22F3NO2. The molecule has 1 amide bonds. The predicted molar refractivity (Wildman–Crippen MR) is 83.5 cm³/mol. The van der Waals surface area contributed by atoms with Gasteiger partial charge in [0.1, 0.15) is 6.61 Å². The van der Waals surface area contributed by atoms with Crippen molar-refractivity contribution >= 4 is 6.09 Å². The standard InChI is InChI=1S/C18H22F3NO2/c19-18(20,21)16-7-6-14(10-13-4-2-1-3-5-13)15(11-16)12-22-8-9-24-17(22)23/h6-7,11,13H,1-5,8-10,12H2. The largest absolute Gasteiger partial charge is 0.448 e. The molecule has 0 N–H and O–H groups in total. The Hall–Kier alpha value is -1.72. The second-order valence-electron chi connectivity index (χ2n) is 6.73. The first-order valence-electron chi connectivity index (χ1n) is 8.54. The number of amides is 1. The Bertz CT molecular complexity index is 594. The van der Waals surface area contributed by atoms with Gasteiger partial charge in [-0.05, 0) is 35.6 Å². The molecule has 24 heavy (non-hydrogen) atoms. The molecule has 6 heteroatoms. The molecule has 132 valence electrons. The summed E-state index contributed by atoms with van der Waals surface area (Å²) in [4.78, 5) is 13.1. The highest BCUT2D eigenvalue weighted by Gasteiger charge is 2.32. The molecule has 1 aliphatic carbocycles. The lowest BCUT2D eigenvalue weighted by Crippen LogP contribution is -2.25. The fourth-order valence-corrected chi connectivity index (χ4v) is 3.63. The molecule has 1 saturated carbocycles. The Morgan fingerprint density at radius 2 is 1.88 bits per heavy atom. The van der Waals surface area contributed by atoms with Gasteiger partial charge in [-0.15, -0.1) is 0 Å². The van der Waals surface area contributed by atoms with Gasteiger partial charge in [-0.2, -0.15) is 13.2 Å². The zero-order valence-electron chi connectivity index (χ0n) is 13.6. The number of halogens is 3. The normalized spacial score (nSPS) is 19.6. The maximum atomic E-state index is 13.0. The number of rotatable bonds is 4. The molecule has 0 atom stereocenters. The molecule has 3 rings (SSSR count). The molecule has 2 fully saturated rings. The Labute approximate surface area is 139 Å². The van der Waals surface area contributed by atoms with Gasteiger partial charge in [0, 0.05) is 6.54 Å². The molecule has 0 aromatic heterocycles. The summed E-state index contributed by atoms with van der Waals surface area (Å²) >= 11 is 0. The summed E-state index contributed by atoms with van der Waals surface area (Å²) < 4.78 is 44.0. The number of carbonyl (C=O) groups is 1. The smallest absolute Gasteiger partial charge is 0.416 e. The number of benzene rings is 1. The van der Waals surface area contributed by atoms with Crippen molar-refractivity contribution in [2.75, 3.05) is 13.2 Å². The SMILES string of the molecule is O=C1OCCN1Cc1cc(C(F)(F)F)ccc1CC1CCCCC1.